The molecule has 0 saturated carbocycles. The highest BCUT2D eigenvalue weighted by Crippen LogP contribution is 2.33. The van der Waals surface area contributed by atoms with Crippen LogP contribution in [0.1, 0.15) is 60.4 Å². The molecule has 0 aliphatic carbocycles. The number of nitrogens with one attached hydrogen (secondary N) is 2. The number of nitrogens with zero attached hydrogens (tertiary/aromatic N) is 2. The molecule has 2 heterocycles. The number of nitrogen functional groups attached to an aromatic ring is 1. The van der Waals surface area contributed by atoms with Crippen LogP contribution in [-0.2, 0) is 17.9 Å². The number of rotatable bonds is 10. The molecule has 0 spiro atoms. The van der Waals surface area contributed by atoms with Gasteiger partial charge in [-0.2, -0.15) is 0 Å². The largest absolute Gasteiger partial charge is 0.396 e. The van der Waals surface area contributed by atoms with Crippen LogP contribution in [-0.4, -0.2) is 28.6 Å². The summed E-state index contributed by atoms with van der Waals surface area (Å²) in [6.45, 7) is 10.1. The van der Waals surface area contributed by atoms with Gasteiger partial charge >= 0.3 is 0 Å². The van der Waals surface area contributed by atoms with E-state index < -0.39 is 12.0 Å². The van der Waals surface area contributed by atoms with E-state index in [4.69, 9.17) is 21.2 Å². The third-order valence-corrected chi connectivity index (χ3v) is 5.52. The summed E-state index contributed by atoms with van der Waals surface area (Å²) in [6.07, 6.45) is 6.99. The number of unbranched alkanes of at least 4 members (excludes halogenated alkanes) is 1. The topological polar surface area (TPSA) is 120 Å². The molecule has 1 aliphatic heterocycles. The summed E-state index contributed by atoms with van der Waals surface area (Å²) in [5.74, 6) is -0.0202. The molecule has 8 nitrogen and oxygen atoms in total. The van der Waals surface area contributed by atoms with Gasteiger partial charge in [0.2, 0.25) is 0 Å². The predicted octanol–water partition coefficient (Wildman–Crippen LogP) is 3.38. The van der Waals surface area contributed by atoms with Crippen molar-refractivity contribution in [2.75, 3.05) is 18.9 Å². The van der Waals surface area contributed by atoms with Gasteiger partial charge in [-0.3, -0.25) is 4.79 Å². The van der Waals surface area contributed by atoms with Gasteiger partial charge in [0.15, 0.2) is 0 Å². The zero-order chi connectivity index (χ0) is 24.7. The van der Waals surface area contributed by atoms with Gasteiger partial charge in [0.25, 0.3) is 5.91 Å². The summed E-state index contributed by atoms with van der Waals surface area (Å²) >= 11 is 0. The Kier molecular flexibility index (Phi) is 8.61. The lowest BCUT2D eigenvalue weighted by atomic mass is 10.0. The Morgan fingerprint density at radius 1 is 1.41 bits per heavy atom. The molecule has 0 saturated heterocycles. The van der Waals surface area contributed by atoms with Crippen LogP contribution in [0.2, 0.25) is 0 Å². The second kappa shape index (κ2) is 11.6. The van der Waals surface area contributed by atoms with Crippen molar-refractivity contribution in [2.24, 2.45) is 5.73 Å². The van der Waals surface area contributed by atoms with Gasteiger partial charge < -0.3 is 31.4 Å². The third kappa shape index (κ3) is 5.73. The average Bonchev–Trinajstić information content (AvgIpc) is 3.17. The molecule has 1 aromatic heterocycles. The lowest BCUT2D eigenvalue weighted by Crippen LogP contribution is -2.33. The summed E-state index contributed by atoms with van der Waals surface area (Å²) in [6, 6.07) is 3.95. The lowest BCUT2D eigenvalue weighted by molar-refractivity contribution is 0.0953. The number of carbonyl (C=O) groups excluding carboxylic acids is 1. The standard InChI is InChI=1S/C25H33FN6O2/c1-4-6-9-18-16(3)30-24(28)22-23(18)32(21(31-22)15-34-5-2)13-8-7-12-29-25(33)17-10-11-19(26)20(27)14-17/h4,6,9-11,14,24,30H,3,5,7-8,12-13,15,27-28H2,1-2H3,(H,29,33)/b6-4-,18-9+. The first-order valence-corrected chi connectivity index (χ1v) is 11.4. The van der Waals surface area contributed by atoms with E-state index in [0.29, 0.717) is 31.9 Å². The van der Waals surface area contributed by atoms with Crippen LogP contribution in [0.15, 0.2) is 48.7 Å². The molecule has 0 radical (unpaired) electrons. The first-order chi connectivity index (χ1) is 16.4. The van der Waals surface area contributed by atoms with Crippen molar-refractivity contribution in [3.05, 3.63) is 77.3 Å². The molecule has 182 valence electrons. The van der Waals surface area contributed by atoms with Crippen LogP contribution in [0, 0.1) is 5.82 Å². The normalized spacial score (nSPS) is 16.6. The number of anilines is 1. The van der Waals surface area contributed by atoms with Crippen molar-refractivity contribution < 1.29 is 13.9 Å². The Hall–Kier alpha value is -3.43. The number of ether oxygens (including phenoxy) is 1. The van der Waals surface area contributed by atoms with Crippen molar-refractivity contribution in [2.45, 2.75) is 46.0 Å². The second-order valence-electron chi connectivity index (χ2n) is 7.96. The molecule has 1 atom stereocenters. The zero-order valence-corrected chi connectivity index (χ0v) is 19.7. The predicted molar refractivity (Wildman–Crippen MR) is 132 cm³/mol. The van der Waals surface area contributed by atoms with Crippen LogP contribution >= 0.6 is 0 Å². The lowest BCUT2D eigenvalue weighted by Gasteiger charge is -2.26. The maximum atomic E-state index is 13.3. The molecular weight excluding hydrogens is 435 g/mol. The first-order valence-electron chi connectivity index (χ1n) is 11.4. The quantitative estimate of drug-likeness (QED) is 0.313. The number of hydrogen-bond acceptors (Lipinski definition) is 6. The summed E-state index contributed by atoms with van der Waals surface area (Å²) in [7, 11) is 0. The smallest absolute Gasteiger partial charge is 0.251 e. The molecule has 34 heavy (non-hydrogen) atoms. The number of carbonyl (C=O) groups is 1. The Labute approximate surface area is 199 Å². The van der Waals surface area contributed by atoms with E-state index in [1.54, 1.807) is 0 Å². The van der Waals surface area contributed by atoms with Gasteiger partial charge in [-0.05, 0) is 44.9 Å². The number of fused-ring (bicyclic) bond motifs is 1. The molecule has 1 aliphatic rings. The number of hydrogen-bond donors (Lipinski definition) is 4. The zero-order valence-electron chi connectivity index (χ0n) is 19.7. The Balaban J connectivity index is 1.71. The number of nitrogens with two attached hydrogens (primary N) is 2. The molecule has 0 fully saturated rings. The second-order valence-corrected chi connectivity index (χ2v) is 7.96. The van der Waals surface area contributed by atoms with Crippen molar-refractivity contribution in [3.8, 4) is 0 Å². The van der Waals surface area contributed by atoms with Gasteiger partial charge in [0, 0.05) is 36.5 Å². The summed E-state index contributed by atoms with van der Waals surface area (Å²) in [4.78, 5) is 17.1. The fourth-order valence-corrected chi connectivity index (χ4v) is 3.80. The molecule has 6 N–H and O–H groups in total. The number of imidazole rings is 1. The summed E-state index contributed by atoms with van der Waals surface area (Å²) < 4.78 is 21.1. The number of allylic oxidation sites excluding steroid dienone is 4. The van der Waals surface area contributed by atoms with Crippen LogP contribution < -0.4 is 22.1 Å². The molecule has 1 amide bonds. The fraction of sp³-hybridized carbons (Fsp3) is 0.360. The summed E-state index contributed by atoms with van der Waals surface area (Å²) in [5.41, 5.74) is 15.5. The van der Waals surface area contributed by atoms with Crippen molar-refractivity contribution in [1.82, 2.24) is 20.2 Å². The van der Waals surface area contributed by atoms with Crippen LogP contribution in [0.5, 0.6) is 0 Å². The van der Waals surface area contributed by atoms with Crippen molar-refractivity contribution >= 4 is 17.2 Å². The highest BCUT2D eigenvalue weighted by molar-refractivity contribution is 5.95. The highest BCUT2D eigenvalue weighted by Gasteiger charge is 2.29. The summed E-state index contributed by atoms with van der Waals surface area (Å²) in [5, 5.41) is 6.04. The molecular formula is C25H33FN6O2. The van der Waals surface area contributed by atoms with E-state index in [2.05, 4.69) is 21.8 Å². The van der Waals surface area contributed by atoms with Crippen LogP contribution in [0.3, 0.4) is 0 Å². The maximum absolute atomic E-state index is 13.3. The van der Waals surface area contributed by atoms with Gasteiger partial charge in [0.1, 0.15) is 30.1 Å². The Morgan fingerprint density at radius 3 is 2.91 bits per heavy atom. The van der Waals surface area contributed by atoms with Gasteiger partial charge in [-0.15, -0.1) is 0 Å². The van der Waals surface area contributed by atoms with E-state index in [1.807, 2.05) is 32.1 Å². The van der Waals surface area contributed by atoms with Crippen molar-refractivity contribution in [3.63, 3.8) is 0 Å². The molecule has 9 heteroatoms. The number of benzene rings is 1. The molecule has 0 bridgehead atoms. The number of halogens is 1. The SMILES string of the molecule is C=C1NC(N)c2nc(COCC)n(CCCCNC(=O)c3ccc(F)c(N)c3)c2/C1=C/C=C\C. The Bertz CT molecular complexity index is 1110. The van der Waals surface area contributed by atoms with Gasteiger partial charge in [0.05, 0.1) is 11.4 Å². The van der Waals surface area contributed by atoms with E-state index >= 15 is 0 Å². The van der Waals surface area contributed by atoms with E-state index in [-0.39, 0.29) is 11.6 Å². The fourth-order valence-electron chi connectivity index (χ4n) is 3.80. The van der Waals surface area contributed by atoms with Crippen molar-refractivity contribution in [1.29, 1.82) is 0 Å². The molecule has 3 rings (SSSR count). The van der Waals surface area contributed by atoms with Gasteiger partial charge in [-0.1, -0.05) is 24.8 Å². The minimum absolute atomic E-state index is 0.0459. The monoisotopic (exact) mass is 468 g/mol. The number of amides is 1. The molecule has 1 aromatic carbocycles. The molecule has 2 aromatic rings. The van der Waals surface area contributed by atoms with E-state index in [0.717, 1.165) is 41.3 Å². The van der Waals surface area contributed by atoms with Crippen LogP contribution in [0.25, 0.3) is 5.57 Å². The van der Waals surface area contributed by atoms with E-state index in [1.165, 1.54) is 18.2 Å². The number of aromatic nitrogens is 2. The van der Waals surface area contributed by atoms with E-state index in [9.17, 15) is 9.18 Å². The van der Waals surface area contributed by atoms with Crippen LogP contribution in [0.4, 0.5) is 10.1 Å². The maximum Gasteiger partial charge on any atom is 0.251 e. The minimum Gasteiger partial charge on any atom is -0.396 e. The third-order valence-electron chi connectivity index (χ3n) is 5.52. The highest BCUT2D eigenvalue weighted by atomic mass is 19.1. The van der Waals surface area contributed by atoms with Gasteiger partial charge in [-0.25, -0.2) is 9.37 Å². The Morgan fingerprint density at radius 2 is 2.21 bits per heavy atom. The minimum atomic E-state index is -0.538. The average molecular weight is 469 g/mol. The molecule has 1 unspecified atom stereocenters. The first kappa shape index (κ1) is 25.2.